The smallest absolute Gasteiger partial charge is 0.322 e. The Bertz CT molecular complexity index is 1020. The molecule has 3 aromatic rings. The minimum atomic E-state index is -0.122. The molecule has 0 bridgehead atoms. The molecule has 1 fully saturated rings. The number of nitrogens with one attached hydrogen (secondary N) is 1. The van der Waals surface area contributed by atoms with Gasteiger partial charge < -0.3 is 19.5 Å². The number of aromatic nitrogens is 1. The third-order valence-electron chi connectivity index (χ3n) is 5.48. The van der Waals surface area contributed by atoms with E-state index in [4.69, 9.17) is 9.26 Å². The molecule has 31 heavy (non-hydrogen) atoms. The molecule has 1 saturated heterocycles. The molecule has 0 saturated carbocycles. The number of carbonyl (C=O) groups excluding carboxylic acids is 1. The van der Waals surface area contributed by atoms with Crippen molar-refractivity contribution < 1.29 is 14.1 Å². The van der Waals surface area contributed by atoms with Crippen LogP contribution in [-0.4, -0.2) is 35.8 Å². The molecule has 0 spiro atoms. The van der Waals surface area contributed by atoms with Crippen LogP contribution < -0.4 is 10.1 Å². The highest BCUT2D eigenvalue weighted by atomic mass is 16.5. The second-order valence-corrected chi connectivity index (χ2v) is 7.82. The Morgan fingerprint density at radius 1 is 1.26 bits per heavy atom. The largest absolute Gasteiger partial charge is 0.493 e. The predicted molar refractivity (Wildman–Crippen MR) is 121 cm³/mol. The molecule has 6 heteroatoms. The number of benzene rings is 2. The molecule has 6 nitrogen and oxygen atoms in total. The fraction of sp³-hybridized carbons (Fsp3) is 0.280. The fourth-order valence-electron chi connectivity index (χ4n) is 3.76. The summed E-state index contributed by atoms with van der Waals surface area (Å²) in [5.74, 6) is 1.16. The molecule has 4 rings (SSSR count). The molecule has 0 radical (unpaired) electrons. The number of ether oxygens (including phenoxy) is 1. The molecule has 0 aliphatic carbocycles. The number of urea groups is 1. The summed E-state index contributed by atoms with van der Waals surface area (Å²) in [4.78, 5) is 14.3. The molecule has 2 amide bonds. The van der Waals surface area contributed by atoms with E-state index in [1.165, 1.54) is 23.6 Å². The molecule has 1 aliphatic rings. The van der Waals surface area contributed by atoms with Gasteiger partial charge in [0.15, 0.2) is 0 Å². The zero-order valence-electron chi connectivity index (χ0n) is 17.7. The van der Waals surface area contributed by atoms with Crippen molar-refractivity contribution in [2.24, 2.45) is 5.92 Å². The van der Waals surface area contributed by atoms with E-state index in [-0.39, 0.29) is 11.9 Å². The lowest BCUT2D eigenvalue weighted by atomic mass is 9.91. The Morgan fingerprint density at radius 3 is 2.90 bits per heavy atom. The molecule has 2 heterocycles. The molecule has 1 unspecified atom stereocenters. The van der Waals surface area contributed by atoms with Crippen LogP contribution in [-0.2, 0) is 6.42 Å². The Balaban J connectivity index is 1.32. The molecule has 1 aromatic heterocycles. The molecule has 1 atom stereocenters. The monoisotopic (exact) mass is 417 g/mol. The summed E-state index contributed by atoms with van der Waals surface area (Å²) in [6.45, 7) is 4.17. The number of anilines is 1. The Labute approximate surface area is 182 Å². The van der Waals surface area contributed by atoms with Gasteiger partial charge in [-0.15, -0.1) is 0 Å². The maximum Gasteiger partial charge on any atom is 0.322 e. The third-order valence-corrected chi connectivity index (χ3v) is 5.48. The third kappa shape index (κ3) is 5.75. The van der Waals surface area contributed by atoms with Gasteiger partial charge in [-0.25, -0.2) is 4.79 Å². The van der Waals surface area contributed by atoms with E-state index in [9.17, 15) is 4.79 Å². The Hall–Kier alpha value is -3.54. The number of nitrogens with zero attached hydrogens (tertiary/aromatic N) is 2. The number of hydrogen-bond acceptors (Lipinski definition) is 4. The minimum absolute atomic E-state index is 0.122. The van der Waals surface area contributed by atoms with Gasteiger partial charge in [0.05, 0.1) is 12.8 Å². The van der Waals surface area contributed by atoms with E-state index in [0.29, 0.717) is 25.4 Å². The number of likely N-dealkylation sites (tertiary alicyclic amines) is 1. The number of amides is 2. The van der Waals surface area contributed by atoms with E-state index in [1.54, 1.807) is 0 Å². The number of hydrogen-bond donors (Lipinski definition) is 1. The lowest BCUT2D eigenvalue weighted by Gasteiger charge is -2.33. The van der Waals surface area contributed by atoms with Crippen LogP contribution in [0.15, 0.2) is 77.2 Å². The summed E-state index contributed by atoms with van der Waals surface area (Å²) in [7, 11) is 0. The highest BCUT2D eigenvalue weighted by Gasteiger charge is 2.24. The predicted octanol–water partition coefficient (Wildman–Crippen LogP) is 5.25. The first-order valence-electron chi connectivity index (χ1n) is 10.6. The van der Waals surface area contributed by atoms with Crippen LogP contribution in [0.2, 0.25) is 0 Å². The molecule has 2 aromatic carbocycles. The first kappa shape index (κ1) is 20.7. The van der Waals surface area contributed by atoms with E-state index >= 15 is 0 Å². The van der Waals surface area contributed by atoms with Crippen molar-refractivity contribution >= 4 is 17.8 Å². The number of carbonyl (C=O) groups is 1. The lowest BCUT2D eigenvalue weighted by Crippen LogP contribution is -2.42. The topological polar surface area (TPSA) is 67.6 Å². The molecule has 1 N–H and O–H groups in total. The van der Waals surface area contributed by atoms with Crippen LogP contribution in [0.5, 0.6) is 5.75 Å². The van der Waals surface area contributed by atoms with Crippen LogP contribution in [0.1, 0.15) is 24.5 Å². The Kier molecular flexibility index (Phi) is 6.67. The standard InChI is InChI=1S/C25H27N3O3/c1-19-17-28(25(29)27-23-16-26-31-18-23)12-10-22(19)14-21-8-5-9-24(15-21)30-13-11-20-6-3-2-4-7-20/h2-9,14-16,18-19H,10-13,17H2,1H3,(H,27,29). The highest BCUT2D eigenvalue weighted by molar-refractivity contribution is 5.89. The summed E-state index contributed by atoms with van der Waals surface area (Å²) < 4.78 is 10.7. The van der Waals surface area contributed by atoms with Crippen molar-refractivity contribution in [1.82, 2.24) is 10.1 Å². The normalized spacial score (nSPS) is 17.5. The summed E-state index contributed by atoms with van der Waals surface area (Å²) >= 11 is 0. The summed E-state index contributed by atoms with van der Waals surface area (Å²) in [6, 6.07) is 18.4. The van der Waals surface area contributed by atoms with Gasteiger partial charge in [-0.1, -0.05) is 66.2 Å². The average Bonchev–Trinajstić information content (AvgIpc) is 3.29. The second kappa shape index (κ2) is 9.98. The summed E-state index contributed by atoms with van der Waals surface area (Å²) in [5, 5.41) is 6.42. The van der Waals surface area contributed by atoms with Gasteiger partial charge in [0.25, 0.3) is 0 Å². The molecular weight excluding hydrogens is 390 g/mol. The zero-order valence-corrected chi connectivity index (χ0v) is 17.7. The summed E-state index contributed by atoms with van der Waals surface area (Å²) in [6.07, 6.45) is 6.87. The van der Waals surface area contributed by atoms with Gasteiger partial charge in [-0.2, -0.15) is 0 Å². The van der Waals surface area contributed by atoms with Crippen LogP contribution >= 0.6 is 0 Å². The SMILES string of the molecule is CC1CN(C(=O)Nc2cnoc2)CCC1=Cc1cccc(OCCc2ccccc2)c1. The van der Waals surface area contributed by atoms with Crippen LogP contribution in [0.25, 0.3) is 6.08 Å². The van der Waals surface area contributed by atoms with Crippen molar-refractivity contribution in [3.63, 3.8) is 0 Å². The first-order valence-corrected chi connectivity index (χ1v) is 10.6. The number of rotatable bonds is 6. The van der Waals surface area contributed by atoms with E-state index in [2.05, 4.69) is 47.7 Å². The molecule has 160 valence electrons. The van der Waals surface area contributed by atoms with Gasteiger partial charge in [0.2, 0.25) is 0 Å². The van der Waals surface area contributed by atoms with Gasteiger partial charge in [0, 0.05) is 19.5 Å². The maximum atomic E-state index is 12.4. The first-order chi connectivity index (χ1) is 15.2. The Morgan fingerprint density at radius 2 is 2.13 bits per heavy atom. The van der Waals surface area contributed by atoms with Crippen LogP contribution in [0, 0.1) is 5.92 Å². The van der Waals surface area contributed by atoms with Crippen molar-refractivity contribution in [1.29, 1.82) is 0 Å². The van der Waals surface area contributed by atoms with Gasteiger partial charge in [-0.3, -0.25) is 0 Å². The van der Waals surface area contributed by atoms with Gasteiger partial charge in [-0.05, 0) is 35.6 Å². The second-order valence-electron chi connectivity index (χ2n) is 7.82. The van der Waals surface area contributed by atoms with Crippen LogP contribution in [0.3, 0.4) is 0 Å². The highest BCUT2D eigenvalue weighted by Crippen LogP contribution is 2.26. The van der Waals surface area contributed by atoms with Crippen molar-refractivity contribution in [3.8, 4) is 5.75 Å². The lowest BCUT2D eigenvalue weighted by molar-refractivity contribution is 0.198. The molecule has 1 aliphatic heterocycles. The average molecular weight is 418 g/mol. The fourth-order valence-corrected chi connectivity index (χ4v) is 3.76. The van der Waals surface area contributed by atoms with Crippen LogP contribution in [0.4, 0.5) is 10.5 Å². The zero-order chi connectivity index (χ0) is 21.5. The van der Waals surface area contributed by atoms with Crippen molar-refractivity contribution in [2.75, 3.05) is 25.0 Å². The van der Waals surface area contributed by atoms with E-state index in [0.717, 1.165) is 24.2 Å². The minimum Gasteiger partial charge on any atom is -0.493 e. The van der Waals surface area contributed by atoms with Crippen molar-refractivity contribution in [2.45, 2.75) is 19.8 Å². The van der Waals surface area contributed by atoms with E-state index < -0.39 is 0 Å². The van der Waals surface area contributed by atoms with Crippen molar-refractivity contribution in [3.05, 3.63) is 83.8 Å². The number of piperidine rings is 1. The van der Waals surface area contributed by atoms with Gasteiger partial charge in [0.1, 0.15) is 17.7 Å². The quantitative estimate of drug-likeness (QED) is 0.595. The van der Waals surface area contributed by atoms with Gasteiger partial charge >= 0.3 is 6.03 Å². The summed E-state index contributed by atoms with van der Waals surface area (Å²) in [5.41, 5.74) is 4.31. The van der Waals surface area contributed by atoms with E-state index in [1.807, 2.05) is 35.2 Å². The molecular formula is C25H27N3O3. The maximum absolute atomic E-state index is 12.4.